The van der Waals surface area contributed by atoms with E-state index in [1.165, 1.54) is 16.2 Å². The summed E-state index contributed by atoms with van der Waals surface area (Å²) in [4.78, 5) is 27.5. The van der Waals surface area contributed by atoms with Gasteiger partial charge in [-0.2, -0.15) is 0 Å². The second-order valence-corrected chi connectivity index (χ2v) is 6.83. The molecule has 26 heavy (non-hydrogen) atoms. The number of carbonyl (C=O) groups excluding carboxylic acids is 2. The van der Waals surface area contributed by atoms with E-state index in [-0.39, 0.29) is 17.2 Å². The van der Waals surface area contributed by atoms with E-state index in [1.54, 1.807) is 37.3 Å². The zero-order valence-electron chi connectivity index (χ0n) is 13.7. The second kappa shape index (κ2) is 6.27. The van der Waals surface area contributed by atoms with Crippen molar-refractivity contribution in [1.29, 1.82) is 0 Å². The van der Waals surface area contributed by atoms with Gasteiger partial charge in [-0.3, -0.25) is 14.5 Å². The molecule has 0 bridgehead atoms. The number of amides is 1. The number of hydrogen-bond acceptors (Lipinski definition) is 6. The van der Waals surface area contributed by atoms with Crippen LogP contribution in [0.1, 0.15) is 22.2 Å². The molecular weight excluding hydrogens is 352 g/mol. The fourth-order valence-corrected chi connectivity index (χ4v) is 3.83. The summed E-state index contributed by atoms with van der Waals surface area (Å²) in [6.07, 6.45) is 0. The maximum Gasteiger partial charge on any atom is 0.301 e. The van der Waals surface area contributed by atoms with Crippen LogP contribution in [0.2, 0.25) is 0 Å². The van der Waals surface area contributed by atoms with Gasteiger partial charge in [0.2, 0.25) is 0 Å². The lowest BCUT2D eigenvalue weighted by atomic mass is 10.00. The fraction of sp³-hybridized carbons (Fsp3) is 0.105. The molecule has 1 aliphatic rings. The number of hydrogen-bond donors (Lipinski definition) is 1. The Balaban J connectivity index is 1.93. The number of rotatable bonds is 3. The SMILES string of the molecule is Cc1cc(N2C(=O)C(=O)/C(=C(/O)c3ccccc3)[C@@H]2c2cccs2)no1. The fourth-order valence-electron chi connectivity index (χ4n) is 3.00. The molecule has 1 aromatic carbocycles. The summed E-state index contributed by atoms with van der Waals surface area (Å²) in [5, 5.41) is 16.5. The molecule has 0 spiro atoms. The summed E-state index contributed by atoms with van der Waals surface area (Å²) in [5.41, 5.74) is 0.521. The average Bonchev–Trinajstić information content (AvgIpc) is 3.37. The first-order valence-corrected chi connectivity index (χ1v) is 8.79. The van der Waals surface area contributed by atoms with Crippen LogP contribution in [0.3, 0.4) is 0 Å². The Labute approximate surface area is 153 Å². The molecule has 0 unspecified atom stereocenters. The minimum atomic E-state index is -0.750. The number of aliphatic hydroxyl groups is 1. The van der Waals surface area contributed by atoms with Crippen molar-refractivity contribution in [3.63, 3.8) is 0 Å². The lowest BCUT2D eigenvalue weighted by Gasteiger charge is -2.21. The van der Waals surface area contributed by atoms with Crippen molar-refractivity contribution in [2.45, 2.75) is 13.0 Å². The average molecular weight is 366 g/mol. The highest BCUT2D eigenvalue weighted by molar-refractivity contribution is 7.10. The number of aromatic nitrogens is 1. The van der Waals surface area contributed by atoms with Crippen molar-refractivity contribution >= 4 is 34.6 Å². The molecular formula is C19H14N2O4S. The second-order valence-electron chi connectivity index (χ2n) is 5.85. The van der Waals surface area contributed by atoms with E-state index in [2.05, 4.69) is 5.16 Å². The van der Waals surface area contributed by atoms with Crippen LogP contribution in [0.25, 0.3) is 5.76 Å². The normalized spacial score (nSPS) is 19.3. The van der Waals surface area contributed by atoms with Crippen molar-refractivity contribution in [2.75, 3.05) is 4.90 Å². The molecule has 130 valence electrons. The Bertz CT molecular complexity index is 1010. The van der Waals surface area contributed by atoms with E-state index in [0.29, 0.717) is 11.3 Å². The number of Topliss-reactive ketones (excluding diaryl/α,β-unsaturated/α-hetero) is 1. The number of benzene rings is 1. The highest BCUT2D eigenvalue weighted by Crippen LogP contribution is 2.43. The quantitative estimate of drug-likeness (QED) is 0.434. The van der Waals surface area contributed by atoms with Crippen molar-refractivity contribution in [3.05, 3.63) is 75.7 Å². The van der Waals surface area contributed by atoms with Gasteiger partial charge in [0, 0.05) is 16.5 Å². The Kier molecular flexibility index (Phi) is 3.93. The highest BCUT2D eigenvalue weighted by Gasteiger charge is 2.48. The van der Waals surface area contributed by atoms with Gasteiger partial charge in [-0.25, -0.2) is 0 Å². The number of carbonyl (C=O) groups is 2. The number of anilines is 1. The number of thiophene rings is 1. The summed E-state index contributed by atoms with van der Waals surface area (Å²) in [7, 11) is 0. The molecule has 3 heterocycles. The summed E-state index contributed by atoms with van der Waals surface area (Å²) >= 11 is 1.40. The first kappa shape index (κ1) is 16.3. The molecule has 6 nitrogen and oxygen atoms in total. The van der Waals surface area contributed by atoms with Crippen molar-refractivity contribution in [2.24, 2.45) is 0 Å². The molecule has 7 heteroatoms. The lowest BCUT2D eigenvalue weighted by Crippen LogP contribution is -2.29. The monoisotopic (exact) mass is 366 g/mol. The van der Waals surface area contributed by atoms with E-state index in [0.717, 1.165) is 4.88 Å². The van der Waals surface area contributed by atoms with E-state index < -0.39 is 17.7 Å². The molecule has 4 rings (SSSR count). The smallest absolute Gasteiger partial charge is 0.301 e. The van der Waals surface area contributed by atoms with Gasteiger partial charge in [0.15, 0.2) is 5.82 Å². The molecule has 3 aromatic rings. The Morgan fingerprint density at radius 2 is 1.96 bits per heavy atom. The molecule has 1 atom stereocenters. The molecule has 1 fully saturated rings. The van der Waals surface area contributed by atoms with Crippen molar-refractivity contribution in [3.8, 4) is 0 Å². The Hall–Kier alpha value is -3.19. The van der Waals surface area contributed by atoms with Crippen molar-refractivity contribution < 1.29 is 19.2 Å². The van der Waals surface area contributed by atoms with Gasteiger partial charge >= 0.3 is 5.91 Å². The Morgan fingerprint density at radius 3 is 2.58 bits per heavy atom. The molecule has 1 amide bonds. The minimum Gasteiger partial charge on any atom is -0.507 e. The minimum absolute atomic E-state index is 0.0457. The van der Waals surface area contributed by atoms with Crippen LogP contribution in [-0.2, 0) is 9.59 Å². The molecule has 1 saturated heterocycles. The number of aliphatic hydroxyl groups excluding tert-OH is 1. The zero-order chi connectivity index (χ0) is 18.3. The van der Waals surface area contributed by atoms with Gasteiger partial charge < -0.3 is 9.63 Å². The van der Waals surface area contributed by atoms with E-state index in [9.17, 15) is 14.7 Å². The van der Waals surface area contributed by atoms with E-state index in [4.69, 9.17) is 4.52 Å². The molecule has 2 aromatic heterocycles. The van der Waals surface area contributed by atoms with Gasteiger partial charge in [-0.1, -0.05) is 41.6 Å². The number of aryl methyl sites for hydroxylation is 1. The van der Waals surface area contributed by atoms with E-state index in [1.807, 2.05) is 23.6 Å². The Morgan fingerprint density at radius 1 is 1.19 bits per heavy atom. The topological polar surface area (TPSA) is 83.6 Å². The summed E-state index contributed by atoms with van der Waals surface area (Å²) in [5.74, 6) is -0.922. The van der Waals surface area contributed by atoms with Crippen molar-refractivity contribution in [1.82, 2.24) is 5.16 Å². The number of nitrogens with zero attached hydrogens (tertiary/aromatic N) is 2. The van der Waals surface area contributed by atoms with Gasteiger partial charge in [0.1, 0.15) is 17.6 Å². The number of ketones is 1. The van der Waals surface area contributed by atoms with Crippen LogP contribution in [0.15, 0.2) is 64.0 Å². The maximum absolute atomic E-state index is 12.8. The third kappa shape index (κ3) is 2.53. The van der Waals surface area contributed by atoms with Gasteiger partial charge in [-0.05, 0) is 18.4 Å². The van der Waals surface area contributed by atoms with Crippen LogP contribution in [0.5, 0.6) is 0 Å². The maximum atomic E-state index is 12.8. The summed E-state index contributed by atoms with van der Waals surface area (Å²) in [6.45, 7) is 1.71. The molecule has 1 N–H and O–H groups in total. The van der Waals surface area contributed by atoms with Crippen LogP contribution in [-0.4, -0.2) is 22.0 Å². The van der Waals surface area contributed by atoms with Crippen LogP contribution in [0, 0.1) is 6.92 Å². The standard InChI is InChI=1S/C19H14N2O4S/c1-11-10-14(20-25-11)21-16(13-8-5-9-26-13)15(18(23)19(21)24)17(22)12-6-3-2-4-7-12/h2-10,16,22H,1H3/b17-15+/t16-/m0/s1. The first-order valence-electron chi connectivity index (χ1n) is 7.91. The predicted octanol–water partition coefficient (Wildman–Crippen LogP) is 3.67. The molecule has 0 aliphatic carbocycles. The molecule has 0 radical (unpaired) electrons. The van der Waals surface area contributed by atoms with Crippen LogP contribution >= 0.6 is 11.3 Å². The molecule has 0 saturated carbocycles. The van der Waals surface area contributed by atoms with Gasteiger partial charge in [0.25, 0.3) is 5.78 Å². The van der Waals surface area contributed by atoms with E-state index >= 15 is 0 Å². The van der Waals surface area contributed by atoms with Gasteiger partial charge in [0.05, 0.1) is 5.57 Å². The van der Waals surface area contributed by atoms with Gasteiger partial charge in [-0.15, -0.1) is 11.3 Å². The first-order chi connectivity index (χ1) is 12.6. The molecule has 1 aliphatic heterocycles. The third-order valence-electron chi connectivity index (χ3n) is 4.17. The zero-order valence-corrected chi connectivity index (χ0v) is 14.6. The predicted molar refractivity (Wildman–Crippen MR) is 96.8 cm³/mol. The summed E-state index contributed by atoms with van der Waals surface area (Å²) < 4.78 is 5.08. The summed E-state index contributed by atoms with van der Waals surface area (Å²) in [6, 6.07) is 13.2. The lowest BCUT2D eigenvalue weighted by molar-refractivity contribution is -0.132. The van der Waals surface area contributed by atoms with Crippen LogP contribution < -0.4 is 4.90 Å². The third-order valence-corrected chi connectivity index (χ3v) is 5.09. The largest absolute Gasteiger partial charge is 0.507 e. The highest BCUT2D eigenvalue weighted by atomic mass is 32.1. The van der Waals surface area contributed by atoms with Crippen LogP contribution in [0.4, 0.5) is 5.82 Å².